The Morgan fingerprint density at radius 3 is 2.61 bits per heavy atom. The lowest BCUT2D eigenvalue weighted by molar-refractivity contribution is 0.967. The van der Waals surface area contributed by atoms with Gasteiger partial charge in [0.2, 0.25) is 0 Å². The van der Waals surface area contributed by atoms with Crippen LogP contribution in [-0.4, -0.2) is 15.0 Å². The van der Waals surface area contributed by atoms with Gasteiger partial charge >= 0.3 is 0 Å². The standard InChI is InChI=1S/C13H10N4S/c14-9-2-3-10-11(8-9)15-7-4-12(10)18-13-16-5-1-6-17-13/h1-8H,14H2. The first-order chi connectivity index (χ1) is 8.83. The van der Waals surface area contributed by atoms with Gasteiger partial charge in [-0.1, -0.05) is 0 Å². The molecule has 0 aliphatic carbocycles. The molecule has 2 aromatic heterocycles. The summed E-state index contributed by atoms with van der Waals surface area (Å²) in [5, 5.41) is 1.78. The summed E-state index contributed by atoms with van der Waals surface area (Å²) in [6.07, 6.45) is 5.24. The molecule has 3 aromatic rings. The van der Waals surface area contributed by atoms with Gasteiger partial charge < -0.3 is 5.73 Å². The minimum atomic E-state index is 0.716. The summed E-state index contributed by atoms with van der Waals surface area (Å²) in [6.45, 7) is 0. The van der Waals surface area contributed by atoms with Crippen molar-refractivity contribution >= 4 is 28.4 Å². The van der Waals surface area contributed by atoms with Crippen molar-refractivity contribution in [2.24, 2.45) is 0 Å². The van der Waals surface area contributed by atoms with Crippen molar-refractivity contribution < 1.29 is 0 Å². The second-order valence-electron chi connectivity index (χ2n) is 3.72. The Morgan fingerprint density at radius 1 is 0.944 bits per heavy atom. The SMILES string of the molecule is Nc1ccc2c(Sc3ncccn3)ccnc2c1. The lowest BCUT2D eigenvalue weighted by atomic mass is 10.2. The fraction of sp³-hybridized carbons (Fsp3) is 0. The zero-order valence-electron chi connectivity index (χ0n) is 9.45. The molecule has 2 N–H and O–H groups in total. The van der Waals surface area contributed by atoms with Gasteiger partial charge in [-0.15, -0.1) is 0 Å². The van der Waals surface area contributed by atoms with E-state index in [1.54, 1.807) is 24.7 Å². The Bertz CT molecular complexity index is 685. The molecule has 4 nitrogen and oxygen atoms in total. The summed E-state index contributed by atoms with van der Waals surface area (Å²) in [4.78, 5) is 13.8. The lowest BCUT2D eigenvalue weighted by Crippen LogP contribution is -1.88. The van der Waals surface area contributed by atoms with E-state index in [-0.39, 0.29) is 0 Å². The number of nitrogens with zero attached hydrogens (tertiary/aromatic N) is 3. The van der Waals surface area contributed by atoms with Crippen molar-refractivity contribution in [1.29, 1.82) is 0 Å². The Morgan fingerprint density at radius 2 is 1.78 bits per heavy atom. The molecule has 18 heavy (non-hydrogen) atoms. The first-order valence-corrected chi connectivity index (χ1v) is 6.24. The van der Waals surface area contributed by atoms with Crippen LogP contribution in [0.5, 0.6) is 0 Å². The molecule has 5 heteroatoms. The van der Waals surface area contributed by atoms with E-state index in [1.165, 1.54) is 11.8 Å². The fourth-order valence-corrected chi connectivity index (χ4v) is 2.50. The number of pyridine rings is 1. The highest BCUT2D eigenvalue weighted by Crippen LogP contribution is 2.30. The monoisotopic (exact) mass is 254 g/mol. The molecule has 0 spiro atoms. The Kier molecular flexibility index (Phi) is 2.82. The highest BCUT2D eigenvalue weighted by atomic mass is 32.2. The molecule has 88 valence electrons. The van der Waals surface area contributed by atoms with Crippen LogP contribution >= 0.6 is 11.8 Å². The van der Waals surface area contributed by atoms with Gasteiger partial charge in [0.25, 0.3) is 0 Å². The van der Waals surface area contributed by atoms with E-state index in [2.05, 4.69) is 15.0 Å². The predicted molar refractivity (Wildman–Crippen MR) is 72.3 cm³/mol. The maximum absolute atomic E-state index is 5.76. The molecular formula is C13H10N4S. The van der Waals surface area contributed by atoms with Crippen molar-refractivity contribution in [3.63, 3.8) is 0 Å². The molecule has 0 unspecified atom stereocenters. The number of hydrogen-bond acceptors (Lipinski definition) is 5. The number of benzene rings is 1. The second-order valence-corrected chi connectivity index (χ2v) is 4.73. The number of anilines is 1. The summed E-state index contributed by atoms with van der Waals surface area (Å²) >= 11 is 1.52. The largest absolute Gasteiger partial charge is 0.399 e. The van der Waals surface area contributed by atoms with Crippen molar-refractivity contribution in [2.75, 3.05) is 5.73 Å². The molecule has 0 aliphatic heterocycles. The van der Waals surface area contributed by atoms with E-state index in [4.69, 9.17) is 5.73 Å². The van der Waals surface area contributed by atoms with E-state index >= 15 is 0 Å². The summed E-state index contributed by atoms with van der Waals surface area (Å²) in [5.74, 6) is 0. The van der Waals surface area contributed by atoms with Gasteiger partial charge in [0, 0.05) is 34.6 Å². The summed E-state index contributed by atoms with van der Waals surface area (Å²) in [5.41, 5.74) is 7.36. The maximum Gasteiger partial charge on any atom is 0.192 e. The highest BCUT2D eigenvalue weighted by molar-refractivity contribution is 7.99. The average Bonchev–Trinajstić information content (AvgIpc) is 2.40. The van der Waals surface area contributed by atoms with Gasteiger partial charge in [-0.05, 0) is 42.1 Å². The summed E-state index contributed by atoms with van der Waals surface area (Å²) in [7, 11) is 0. The van der Waals surface area contributed by atoms with Crippen molar-refractivity contribution in [3.8, 4) is 0 Å². The minimum absolute atomic E-state index is 0.716. The van der Waals surface area contributed by atoms with Crippen LogP contribution < -0.4 is 5.73 Å². The normalized spacial score (nSPS) is 10.7. The van der Waals surface area contributed by atoms with Gasteiger partial charge in [-0.25, -0.2) is 9.97 Å². The van der Waals surface area contributed by atoms with E-state index in [0.29, 0.717) is 5.69 Å². The lowest BCUT2D eigenvalue weighted by Gasteiger charge is -2.05. The van der Waals surface area contributed by atoms with Crippen LogP contribution in [0.25, 0.3) is 10.9 Å². The molecule has 0 aliphatic rings. The van der Waals surface area contributed by atoms with Crippen molar-refractivity contribution in [3.05, 3.63) is 48.9 Å². The smallest absolute Gasteiger partial charge is 0.192 e. The molecule has 3 rings (SSSR count). The molecule has 0 atom stereocenters. The van der Waals surface area contributed by atoms with Crippen LogP contribution in [0.1, 0.15) is 0 Å². The molecule has 0 radical (unpaired) electrons. The Hall–Kier alpha value is -2.14. The maximum atomic E-state index is 5.76. The molecule has 0 fully saturated rings. The molecule has 0 saturated carbocycles. The van der Waals surface area contributed by atoms with Crippen LogP contribution in [0.3, 0.4) is 0 Å². The van der Waals surface area contributed by atoms with E-state index in [1.807, 2.05) is 24.3 Å². The van der Waals surface area contributed by atoms with Gasteiger partial charge in [-0.3, -0.25) is 4.98 Å². The zero-order valence-corrected chi connectivity index (χ0v) is 10.3. The quantitative estimate of drug-likeness (QED) is 0.562. The number of fused-ring (bicyclic) bond motifs is 1. The molecule has 1 aromatic carbocycles. The number of aromatic nitrogens is 3. The van der Waals surface area contributed by atoms with Gasteiger partial charge in [0.05, 0.1) is 5.52 Å². The molecule has 0 saturated heterocycles. The number of rotatable bonds is 2. The van der Waals surface area contributed by atoms with Crippen molar-refractivity contribution in [1.82, 2.24) is 15.0 Å². The van der Waals surface area contributed by atoms with Gasteiger partial charge in [0.15, 0.2) is 5.16 Å². The van der Waals surface area contributed by atoms with E-state index < -0.39 is 0 Å². The third-order valence-corrected chi connectivity index (χ3v) is 3.44. The molecule has 2 heterocycles. The van der Waals surface area contributed by atoms with Crippen LogP contribution in [0.15, 0.2) is 59.0 Å². The predicted octanol–water partition coefficient (Wildman–Crippen LogP) is 2.76. The first kappa shape index (κ1) is 11.0. The third kappa shape index (κ3) is 2.12. The highest BCUT2D eigenvalue weighted by Gasteiger charge is 2.05. The van der Waals surface area contributed by atoms with Crippen molar-refractivity contribution in [2.45, 2.75) is 10.1 Å². The Balaban J connectivity index is 2.07. The summed E-state index contributed by atoms with van der Waals surface area (Å²) < 4.78 is 0. The van der Waals surface area contributed by atoms with Gasteiger partial charge in [-0.2, -0.15) is 0 Å². The summed E-state index contributed by atoms with van der Waals surface area (Å²) in [6, 6.07) is 9.48. The second kappa shape index (κ2) is 4.62. The van der Waals surface area contributed by atoms with Crippen LogP contribution in [0.2, 0.25) is 0 Å². The molecule has 0 bridgehead atoms. The Labute approximate surface area is 108 Å². The van der Waals surface area contributed by atoms with Crippen LogP contribution in [-0.2, 0) is 0 Å². The molecule has 0 amide bonds. The first-order valence-electron chi connectivity index (χ1n) is 5.42. The van der Waals surface area contributed by atoms with Gasteiger partial charge in [0.1, 0.15) is 0 Å². The topological polar surface area (TPSA) is 64.7 Å². The number of nitrogen functional groups attached to an aromatic ring is 1. The zero-order chi connectivity index (χ0) is 12.4. The van der Waals surface area contributed by atoms with Crippen LogP contribution in [0.4, 0.5) is 5.69 Å². The van der Waals surface area contributed by atoms with E-state index in [9.17, 15) is 0 Å². The van der Waals surface area contributed by atoms with E-state index in [0.717, 1.165) is 21.0 Å². The van der Waals surface area contributed by atoms with Crippen LogP contribution in [0, 0.1) is 0 Å². The fourth-order valence-electron chi connectivity index (χ4n) is 1.66. The minimum Gasteiger partial charge on any atom is -0.399 e. The number of nitrogens with two attached hydrogens (primary N) is 1. The number of hydrogen-bond donors (Lipinski definition) is 1. The average molecular weight is 254 g/mol. The molecular weight excluding hydrogens is 244 g/mol. The third-order valence-electron chi connectivity index (χ3n) is 2.47.